The Morgan fingerprint density at radius 2 is 2.00 bits per heavy atom. The highest BCUT2D eigenvalue weighted by Crippen LogP contribution is 1.87. The summed E-state index contributed by atoms with van der Waals surface area (Å²) in [6.45, 7) is 0. The van der Waals surface area contributed by atoms with Gasteiger partial charge in [-0.3, -0.25) is 4.79 Å². The zero-order chi connectivity index (χ0) is 6.57. The first-order chi connectivity index (χ1) is 3.63. The summed E-state index contributed by atoms with van der Waals surface area (Å²) in [4.78, 5) is 9.91. The standard InChI is InChI=1S/C5H10O2S.ClH/c1-8(2)4-3-5(6)7;/h3-4H2,1-2H3;1H/i1+1,2+1,3+1,5+1;. The molecule has 0 saturated carbocycles. The molecule has 0 spiro atoms. The number of hydrogen-bond donors (Lipinski definition) is 1. The molecule has 0 bridgehead atoms. The Morgan fingerprint density at radius 1 is 1.56 bits per heavy atom. The summed E-state index contributed by atoms with van der Waals surface area (Å²) in [5, 5.41) is 8.17. The molecule has 0 aromatic carbocycles. The number of aliphatic carboxylic acids is 1. The van der Waals surface area contributed by atoms with Crippen LogP contribution in [-0.2, 0) is 15.7 Å². The first-order valence-electron chi connectivity index (χ1n) is 2.39. The predicted molar refractivity (Wildman–Crippen MR) is 36.3 cm³/mol. The molecule has 0 fully saturated rings. The van der Waals surface area contributed by atoms with Crippen LogP contribution in [0.25, 0.3) is 0 Å². The zero-order valence-electron chi connectivity index (χ0n) is 5.56. The van der Waals surface area contributed by atoms with Crippen molar-refractivity contribution in [3.8, 4) is 0 Å². The summed E-state index contributed by atoms with van der Waals surface area (Å²) in [5.41, 5.74) is 0. The topological polar surface area (TPSA) is 37.3 Å². The fourth-order valence-electron chi connectivity index (χ4n) is 0.291. The van der Waals surface area contributed by atoms with Gasteiger partial charge in [-0.15, -0.1) is 0 Å². The van der Waals surface area contributed by atoms with Crippen molar-refractivity contribution < 1.29 is 22.3 Å². The Hall–Kier alpha value is 0.110. The van der Waals surface area contributed by atoms with Crippen LogP contribution in [-0.4, -0.2) is 29.3 Å². The smallest absolute Gasteiger partial charge is 0.308 e. The van der Waals surface area contributed by atoms with E-state index in [4.69, 9.17) is 5.11 Å². The van der Waals surface area contributed by atoms with Crippen LogP contribution in [0.1, 0.15) is 6.42 Å². The van der Waals surface area contributed by atoms with Crippen molar-refractivity contribution in [3.63, 3.8) is 0 Å². The van der Waals surface area contributed by atoms with Gasteiger partial charge >= 0.3 is 5.97 Å². The van der Waals surface area contributed by atoms with Gasteiger partial charge in [0.15, 0.2) is 0 Å². The van der Waals surface area contributed by atoms with Crippen LogP contribution in [0.15, 0.2) is 0 Å². The lowest BCUT2D eigenvalue weighted by molar-refractivity contribution is -0.136. The molecule has 0 heterocycles. The molecule has 0 radical (unpaired) electrons. The lowest BCUT2D eigenvalue weighted by Gasteiger charge is -1.90. The molecular weight excluding hydrogens is 164 g/mol. The zero-order valence-corrected chi connectivity index (χ0v) is 7.13. The molecular formula is C5H11ClO2S. The van der Waals surface area contributed by atoms with E-state index in [1.807, 2.05) is 12.5 Å². The van der Waals surface area contributed by atoms with Crippen LogP contribution in [0.4, 0.5) is 0 Å². The molecule has 0 aliphatic heterocycles. The molecule has 9 heavy (non-hydrogen) atoms. The van der Waals surface area contributed by atoms with Crippen molar-refractivity contribution in [2.75, 3.05) is 18.3 Å². The second-order valence-electron chi connectivity index (χ2n) is 1.83. The highest BCUT2D eigenvalue weighted by atomic mass is 35.5. The number of carboxylic acid groups (broad SMARTS) is 1. The quantitative estimate of drug-likeness (QED) is 0.375. The normalized spacial score (nSPS) is 8.78. The highest BCUT2D eigenvalue weighted by Gasteiger charge is 2.04. The van der Waals surface area contributed by atoms with Gasteiger partial charge in [-0.2, -0.15) is 0 Å². The molecule has 0 unspecified atom stereocenters. The molecule has 0 aromatic rings. The fourth-order valence-corrected chi connectivity index (χ4v) is 0.874. The Balaban J connectivity index is 0. The Labute approximate surface area is 64.4 Å². The van der Waals surface area contributed by atoms with E-state index in [9.17, 15) is 4.79 Å². The van der Waals surface area contributed by atoms with Crippen LogP contribution in [0.5, 0.6) is 0 Å². The first-order valence-corrected chi connectivity index (χ1v) is 4.60. The van der Waals surface area contributed by atoms with E-state index in [1.54, 1.807) is 0 Å². The molecule has 0 aliphatic carbocycles. The SMILES string of the molecule is [13CH3][S+]([13CH3])C[13CH2][13C](=O)O.[Cl-]. The highest BCUT2D eigenvalue weighted by molar-refractivity contribution is 7.95. The minimum absolute atomic E-state index is 0. The van der Waals surface area contributed by atoms with Crippen LogP contribution < -0.4 is 12.4 Å². The number of carboxylic acids is 1. The largest absolute Gasteiger partial charge is 1.00 e. The monoisotopic (exact) mass is 174 g/mol. The van der Waals surface area contributed by atoms with Crippen LogP contribution in [0.2, 0.25) is 0 Å². The summed E-state index contributed by atoms with van der Waals surface area (Å²) in [5.74, 6) is 0.126. The fraction of sp³-hybridized carbons (Fsp3) is 0.800. The molecule has 0 aliphatic rings. The minimum Gasteiger partial charge on any atom is -1.00 e. The van der Waals surface area contributed by atoms with E-state index in [0.717, 1.165) is 5.75 Å². The van der Waals surface area contributed by atoms with Gasteiger partial charge in [0.05, 0.1) is 18.9 Å². The lowest BCUT2D eigenvalue weighted by Crippen LogP contribution is -3.00. The summed E-state index contributed by atoms with van der Waals surface area (Å²) in [6, 6.07) is 0. The Morgan fingerprint density at radius 3 is 2.11 bits per heavy atom. The van der Waals surface area contributed by atoms with Gasteiger partial charge in [-0.25, -0.2) is 0 Å². The van der Waals surface area contributed by atoms with Gasteiger partial charge in [-0.1, -0.05) is 0 Å². The van der Waals surface area contributed by atoms with Gasteiger partial charge in [0, 0.05) is 0 Å². The average molecular weight is 175 g/mol. The molecule has 4 heteroatoms. The average Bonchev–Trinajstić information content (AvgIpc) is 1.61. The van der Waals surface area contributed by atoms with Gasteiger partial charge in [0.2, 0.25) is 0 Å². The van der Waals surface area contributed by atoms with E-state index in [2.05, 4.69) is 0 Å². The number of hydrogen-bond acceptors (Lipinski definition) is 1. The number of carbonyl (C=O) groups is 1. The Kier molecular flexibility index (Phi) is 8.21. The summed E-state index contributed by atoms with van der Waals surface area (Å²) < 4.78 is 0. The summed E-state index contributed by atoms with van der Waals surface area (Å²) in [7, 11) is 0.283. The van der Waals surface area contributed by atoms with E-state index >= 15 is 0 Å². The van der Waals surface area contributed by atoms with Crippen molar-refractivity contribution in [2.24, 2.45) is 0 Å². The van der Waals surface area contributed by atoms with Crippen molar-refractivity contribution >= 4 is 16.9 Å². The lowest BCUT2D eigenvalue weighted by atomic mass is 11.1. The minimum atomic E-state index is -0.689. The van der Waals surface area contributed by atoms with Crippen LogP contribution >= 0.6 is 0 Å². The van der Waals surface area contributed by atoms with E-state index in [0.29, 0.717) is 6.42 Å². The molecule has 1 N–H and O–H groups in total. The van der Waals surface area contributed by atoms with Gasteiger partial charge in [-0.05, 0) is 10.9 Å². The Bertz CT molecular complexity index is 85.0. The van der Waals surface area contributed by atoms with E-state index in [1.165, 1.54) is 0 Å². The summed E-state index contributed by atoms with van der Waals surface area (Å²) >= 11 is 0. The second-order valence-corrected chi connectivity index (χ2v) is 4.21. The van der Waals surface area contributed by atoms with Gasteiger partial charge < -0.3 is 17.5 Å². The number of halogens is 1. The number of rotatable bonds is 3. The third-order valence-electron chi connectivity index (χ3n) is 0.724. The van der Waals surface area contributed by atoms with Crippen molar-refractivity contribution in [1.29, 1.82) is 0 Å². The maximum Gasteiger partial charge on any atom is 0.308 e. The second kappa shape index (κ2) is 6.23. The van der Waals surface area contributed by atoms with E-state index in [-0.39, 0.29) is 23.3 Å². The van der Waals surface area contributed by atoms with E-state index < -0.39 is 5.97 Å². The molecule has 0 atom stereocenters. The molecule has 2 nitrogen and oxygen atoms in total. The third-order valence-corrected chi connectivity index (χ3v) is 1.74. The van der Waals surface area contributed by atoms with Crippen LogP contribution in [0.3, 0.4) is 0 Å². The molecule has 0 rings (SSSR count). The van der Waals surface area contributed by atoms with Crippen molar-refractivity contribution in [1.82, 2.24) is 0 Å². The maximum atomic E-state index is 9.91. The molecule has 56 valence electrons. The predicted octanol–water partition coefficient (Wildman–Crippen LogP) is -2.66. The van der Waals surface area contributed by atoms with Crippen molar-refractivity contribution in [2.45, 2.75) is 6.42 Å². The summed E-state index contributed by atoms with van der Waals surface area (Å²) in [6.07, 6.45) is 4.40. The van der Waals surface area contributed by atoms with Crippen LogP contribution in [0, 0.1) is 0 Å². The maximum absolute atomic E-state index is 9.91. The third kappa shape index (κ3) is 11.6. The van der Waals surface area contributed by atoms with Gasteiger partial charge in [0.25, 0.3) is 0 Å². The molecule has 0 aromatic heterocycles. The molecule has 0 saturated heterocycles. The van der Waals surface area contributed by atoms with Gasteiger partial charge in [0.1, 0.15) is 5.75 Å². The molecule has 0 amide bonds. The van der Waals surface area contributed by atoms with Crippen molar-refractivity contribution in [3.05, 3.63) is 0 Å². The first kappa shape index (κ1) is 11.9.